The fourth-order valence-corrected chi connectivity index (χ4v) is 2.69. The second-order valence-corrected chi connectivity index (χ2v) is 5.48. The minimum Gasteiger partial charge on any atom is -0.381 e. The highest BCUT2D eigenvalue weighted by Gasteiger charge is 2.23. The Bertz CT molecular complexity index is 403. The first-order valence-electron chi connectivity index (χ1n) is 6.39. The Balaban J connectivity index is 2.16. The summed E-state index contributed by atoms with van der Waals surface area (Å²) in [5, 5.41) is 0.764. The number of hydrogen-bond acceptors (Lipinski definition) is 3. The molecule has 2 rings (SSSR count). The zero-order chi connectivity index (χ0) is 13.1. The monoisotopic (exact) mass is 268 g/mol. The zero-order valence-corrected chi connectivity index (χ0v) is 11.8. The second-order valence-electron chi connectivity index (χ2n) is 5.08. The van der Waals surface area contributed by atoms with Gasteiger partial charge < -0.3 is 15.4 Å². The Morgan fingerprint density at radius 2 is 2.00 bits per heavy atom. The largest absolute Gasteiger partial charge is 0.381 e. The van der Waals surface area contributed by atoms with Gasteiger partial charge in [0, 0.05) is 44.1 Å². The number of halogens is 1. The quantitative estimate of drug-likeness (QED) is 0.916. The highest BCUT2D eigenvalue weighted by Crippen LogP contribution is 2.33. The van der Waals surface area contributed by atoms with Crippen LogP contribution in [0.25, 0.3) is 0 Å². The molecule has 1 aliphatic heterocycles. The minimum absolute atomic E-state index is 0.0117. The topological polar surface area (TPSA) is 38.5 Å². The lowest BCUT2D eigenvalue weighted by atomic mass is 9.87. The van der Waals surface area contributed by atoms with E-state index in [1.807, 2.05) is 25.1 Å². The Labute approximate surface area is 114 Å². The SMILES string of the molecule is CN(C)c1ccc([C@H](N)C2CCOCC2)c(Cl)c1. The van der Waals surface area contributed by atoms with Crippen molar-refractivity contribution < 1.29 is 4.74 Å². The molecular weight excluding hydrogens is 248 g/mol. The van der Waals surface area contributed by atoms with Gasteiger partial charge in [-0.15, -0.1) is 0 Å². The highest BCUT2D eigenvalue weighted by molar-refractivity contribution is 6.31. The van der Waals surface area contributed by atoms with Crippen molar-refractivity contribution in [1.29, 1.82) is 0 Å². The number of nitrogens with two attached hydrogens (primary N) is 1. The lowest BCUT2D eigenvalue weighted by Gasteiger charge is -2.28. The van der Waals surface area contributed by atoms with Crippen LogP contribution in [0.4, 0.5) is 5.69 Å². The first kappa shape index (κ1) is 13.7. The summed E-state index contributed by atoms with van der Waals surface area (Å²) >= 11 is 6.35. The molecular formula is C14H21ClN2O. The van der Waals surface area contributed by atoms with Crippen molar-refractivity contribution in [3.63, 3.8) is 0 Å². The van der Waals surface area contributed by atoms with Crippen molar-refractivity contribution in [3.8, 4) is 0 Å². The summed E-state index contributed by atoms with van der Waals surface area (Å²) in [6.45, 7) is 1.62. The van der Waals surface area contributed by atoms with E-state index in [4.69, 9.17) is 22.1 Å². The highest BCUT2D eigenvalue weighted by atomic mass is 35.5. The van der Waals surface area contributed by atoms with E-state index in [9.17, 15) is 0 Å². The van der Waals surface area contributed by atoms with Gasteiger partial charge in [0.25, 0.3) is 0 Å². The van der Waals surface area contributed by atoms with E-state index in [1.54, 1.807) is 0 Å². The lowest BCUT2D eigenvalue weighted by molar-refractivity contribution is 0.0584. The van der Waals surface area contributed by atoms with Gasteiger partial charge in [-0.05, 0) is 36.5 Å². The predicted octanol–water partition coefficient (Wildman–Crippen LogP) is 2.83. The van der Waals surface area contributed by atoms with Crippen LogP contribution < -0.4 is 10.6 Å². The van der Waals surface area contributed by atoms with Gasteiger partial charge in [-0.2, -0.15) is 0 Å². The van der Waals surface area contributed by atoms with E-state index in [1.165, 1.54) is 0 Å². The molecule has 1 saturated heterocycles. The number of anilines is 1. The Morgan fingerprint density at radius 3 is 2.56 bits per heavy atom. The standard InChI is InChI=1S/C14H21ClN2O/c1-17(2)11-3-4-12(13(15)9-11)14(16)10-5-7-18-8-6-10/h3-4,9-10,14H,5-8,16H2,1-2H3/t14-/m1/s1. The van der Waals surface area contributed by atoms with E-state index in [0.29, 0.717) is 5.92 Å². The predicted molar refractivity (Wildman–Crippen MR) is 76.3 cm³/mol. The third-order valence-electron chi connectivity index (χ3n) is 3.63. The first-order valence-corrected chi connectivity index (χ1v) is 6.77. The van der Waals surface area contributed by atoms with E-state index in [2.05, 4.69) is 12.1 Å². The Kier molecular flexibility index (Phi) is 4.49. The molecule has 1 aromatic carbocycles. The normalized spacial score (nSPS) is 18.7. The number of ether oxygens (including phenoxy) is 1. The number of benzene rings is 1. The summed E-state index contributed by atoms with van der Waals surface area (Å²) < 4.78 is 5.37. The van der Waals surface area contributed by atoms with Gasteiger partial charge in [0.2, 0.25) is 0 Å². The zero-order valence-electron chi connectivity index (χ0n) is 11.0. The molecule has 0 amide bonds. The fourth-order valence-electron chi connectivity index (χ4n) is 2.39. The van der Waals surface area contributed by atoms with Gasteiger partial charge in [0.1, 0.15) is 0 Å². The molecule has 1 heterocycles. The summed E-state index contributed by atoms with van der Waals surface area (Å²) in [5.41, 5.74) is 8.49. The minimum atomic E-state index is 0.0117. The van der Waals surface area contributed by atoms with Gasteiger partial charge in [-0.3, -0.25) is 0 Å². The summed E-state index contributed by atoms with van der Waals surface area (Å²) in [4.78, 5) is 2.04. The Morgan fingerprint density at radius 1 is 1.33 bits per heavy atom. The van der Waals surface area contributed by atoms with Crippen LogP contribution in [0, 0.1) is 5.92 Å². The summed E-state index contributed by atoms with van der Waals surface area (Å²) in [7, 11) is 4.01. The molecule has 2 N–H and O–H groups in total. The molecule has 3 nitrogen and oxygen atoms in total. The van der Waals surface area contributed by atoms with Crippen molar-refractivity contribution in [1.82, 2.24) is 0 Å². The molecule has 0 radical (unpaired) electrons. The van der Waals surface area contributed by atoms with E-state index in [-0.39, 0.29) is 6.04 Å². The maximum atomic E-state index is 6.35. The fraction of sp³-hybridized carbons (Fsp3) is 0.571. The molecule has 0 unspecified atom stereocenters. The third-order valence-corrected chi connectivity index (χ3v) is 3.96. The van der Waals surface area contributed by atoms with Crippen LogP contribution in [0.15, 0.2) is 18.2 Å². The van der Waals surface area contributed by atoms with Crippen LogP contribution in [-0.4, -0.2) is 27.3 Å². The molecule has 1 aromatic rings. The number of nitrogens with zero attached hydrogens (tertiary/aromatic N) is 1. The van der Waals surface area contributed by atoms with E-state index < -0.39 is 0 Å². The third kappa shape index (κ3) is 2.97. The summed E-state index contributed by atoms with van der Waals surface area (Å²) in [6, 6.07) is 6.12. The van der Waals surface area contributed by atoms with Crippen LogP contribution in [0.5, 0.6) is 0 Å². The molecule has 100 valence electrons. The van der Waals surface area contributed by atoms with Gasteiger partial charge >= 0.3 is 0 Å². The maximum Gasteiger partial charge on any atom is 0.0474 e. The molecule has 0 bridgehead atoms. The molecule has 0 aromatic heterocycles. The molecule has 0 spiro atoms. The van der Waals surface area contributed by atoms with Crippen molar-refractivity contribution in [2.24, 2.45) is 11.7 Å². The lowest BCUT2D eigenvalue weighted by Crippen LogP contribution is -2.27. The second kappa shape index (κ2) is 5.91. The smallest absolute Gasteiger partial charge is 0.0474 e. The maximum absolute atomic E-state index is 6.35. The van der Waals surface area contributed by atoms with E-state index in [0.717, 1.165) is 42.3 Å². The molecule has 0 saturated carbocycles. The average Bonchev–Trinajstić information content (AvgIpc) is 2.38. The van der Waals surface area contributed by atoms with Crippen LogP contribution in [-0.2, 0) is 4.74 Å². The van der Waals surface area contributed by atoms with Crippen molar-refractivity contribution in [3.05, 3.63) is 28.8 Å². The molecule has 1 aliphatic rings. The van der Waals surface area contributed by atoms with Crippen LogP contribution in [0.1, 0.15) is 24.4 Å². The van der Waals surface area contributed by atoms with Crippen molar-refractivity contribution >= 4 is 17.3 Å². The van der Waals surface area contributed by atoms with Crippen molar-refractivity contribution in [2.75, 3.05) is 32.2 Å². The van der Waals surface area contributed by atoms with Gasteiger partial charge in [0.05, 0.1) is 0 Å². The van der Waals surface area contributed by atoms with Gasteiger partial charge in [0.15, 0.2) is 0 Å². The first-order chi connectivity index (χ1) is 8.59. The van der Waals surface area contributed by atoms with Crippen molar-refractivity contribution in [2.45, 2.75) is 18.9 Å². The van der Waals surface area contributed by atoms with E-state index >= 15 is 0 Å². The van der Waals surface area contributed by atoms with Gasteiger partial charge in [-0.25, -0.2) is 0 Å². The molecule has 0 aliphatic carbocycles. The molecule has 1 fully saturated rings. The van der Waals surface area contributed by atoms with Gasteiger partial charge in [-0.1, -0.05) is 17.7 Å². The molecule has 18 heavy (non-hydrogen) atoms. The molecule has 1 atom stereocenters. The Hall–Kier alpha value is -0.770. The van der Waals surface area contributed by atoms with Crippen LogP contribution in [0.2, 0.25) is 5.02 Å². The number of rotatable bonds is 3. The average molecular weight is 269 g/mol. The number of hydrogen-bond donors (Lipinski definition) is 1. The summed E-state index contributed by atoms with van der Waals surface area (Å²) in [5.74, 6) is 0.474. The summed E-state index contributed by atoms with van der Waals surface area (Å²) in [6.07, 6.45) is 2.04. The van der Waals surface area contributed by atoms with Crippen LogP contribution in [0.3, 0.4) is 0 Å². The molecule has 4 heteroatoms. The van der Waals surface area contributed by atoms with Crippen LogP contribution >= 0.6 is 11.6 Å².